The van der Waals surface area contributed by atoms with Gasteiger partial charge in [0.15, 0.2) is 0 Å². The van der Waals surface area contributed by atoms with Crippen LogP contribution in [0, 0.1) is 5.41 Å². The molecule has 0 aromatic carbocycles. The van der Waals surface area contributed by atoms with E-state index >= 15 is 0 Å². The number of hydrogen-bond donors (Lipinski definition) is 1. The van der Waals surface area contributed by atoms with Gasteiger partial charge >= 0.3 is 0 Å². The summed E-state index contributed by atoms with van der Waals surface area (Å²) in [5, 5.41) is 4.33. The Morgan fingerprint density at radius 1 is 1.47 bits per heavy atom. The molecule has 3 heteroatoms. The second-order valence-electron chi connectivity index (χ2n) is 5.60. The van der Waals surface area contributed by atoms with Crippen LogP contribution in [0.15, 0.2) is 12.4 Å². The van der Waals surface area contributed by atoms with Gasteiger partial charge in [-0.1, -0.05) is 20.8 Å². The minimum Gasteiger partial charge on any atom is -0.328 e. The summed E-state index contributed by atoms with van der Waals surface area (Å²) in [6, 6.07) is 0.213. The van der Waals surface area contributed by atoms with Crippen molar-refractivity contribution in [2.45, 2.75) is 53.1 Å². The van der Waals surface area contributed by atoms with E-state index in [1.807, 2.05) is 17.8 Å². The van der Waals surface area contributed by atoms with Crippen molar-refractivity contribution in [1.29, 1.82) is 0 Å². The number of nitrogens with zero attached hydrogens (tertiary/aromatic N) is 2. The lowest BCUT2D eigenvalue weighted by atomic mass is 9.92. The highest BCUT2D eigenvalue weighted by molar-refractivity contribution is 5.05. The Kier molecular flexibility index (Phi) is 3.91. The summed E-state index contributed by atoms with van der Waals surface area (Å²) in [7, 11) is 0. The zero-order chi connectivity index (χ0) is 11.5. The highest BCUT2D eigenvalue weighted by atomic mass is 15.3. The van der Waals surface area contributed by atoms with E-state index in [4.69, 9.17) is 5.73 Å². The Morgan fingerprint density at radius 3 is 2.67 bits per heavy atom. The number of aromatic nitrogens is 2. The third-order valence-corrected chi connectivity index (χ3v) is 2.34. The average Bonchev–Trinajstić information content (AvgIpc) is 2.46. The van der Waals surface area contributed by atoms with Gasteiger partial charge < -0.3 is 5.73 Å². The molecule has 1 aromatic heterocycles. The molecule has 15 heavy (non-hydrogen) atoms. The van der Waals surface area contributed by atoms with Gasteiger partial charge in [-0.05, 0) is 30.7 Å². The van der Waals surface area contributed by atoms with E-state index in [1.54, 1.807) is 0 Å². The van der Waals surface area contributed by atoms with Gasteiger partial charge in [-0.15, -0.1) is 0 Å². The van der Waals surface area contributed by atoms with Crippen molar-refractivity contribution >= 4 is 0 Å². The Labute approximate surface area is 92.7 Å². The van der Waals surface area contributed by atoms with Gasteiger partial charge in [-0.3, -0.25) is 4.68 Å². The van der Waals surface area contributed by atoms with Gasteiger partial charge in [-0.2, -0.15) is 5.10 Å². The number of rotatable bonds is 4. The van der Waals surface area contributed by atoms with Gasteiger partial charge in [0.05, 0.1) is 6.20 Å². The summed E-state index contributed by atoms with van der Waals surface area (Å²) in [5.41, 5.74) is 7.34. The summed E-state index contributed by atoms with van der Waals surface area (Å²) in [6.45, 7) is 9.76. The average molecular weight is 209 g/mol. The van der Waals surface area contributed by atoms with Crippen LogP contribution in [0.1, 0.15) is 39.7 Å². The van der Waals surface area contributed by atoms with Gasteiger partial charge in [0.25, 0.3) is 0 Å². The molecule has 2 N–H and O–H groups in total. The molecule has 3 nitrogen and oxygen atoms in total. The molecular formula is C12H23N3. The van der Waals surface area contributed by atoms with Crippen LogP contribution < -0.4 is 5.73 Å². The van der Waals surface area contributed by atoms with Crippen molar-refractivity contribution in [3.63, 3.8) is 0 Å². The molecule has 0 fully saturated rings. The van der Waals surface area contributed by atoms with E-state index in [1.165, 1.54) is 5.56 Å². The Bertz CT molecular complexity index is 294. The van der Waals surface area contributed by atoms with Crippen molar-refractivity contribution in [1.82, 2.24) is 9.78 Å². The van der Waals surface area contributed by atoms with Crippen LogP contribution in [-0.4, -0.2) is 15.8 Å². The van der Waals surface area contributed by atoms with E-state index < -0.39 is 0 Å². The summed E-state index contributed by atoms with van der Waals surface area (Å²) in [6.07, 6.45) is 6.09. The monoisotopic (exact) mass is 209 g/mol. The molecule has 1 rings (SSSR count). The molecule has 0 aliphatic heterocycles. The Balaban J connectivity index is 2.46. The minimum absolute atomic E-state index is 0.213. The zero-order valence-corrected chi connectivity index (χ0v) is 10.3. The van der Waals surface area contributed by atoms with E-state index in [0.29, 0.717) is 5.41 Å². The normalized spacial score (nSPS) is 14.2. The minimum atomic E-state index is 0.213. The van der Waals surface area contributed by atoms with Crippen molar-refractivity contribution in [3.05, 3.63) is 18.0 Å². The molecule has 1 heterocycles. The fraction of sp³-hybridized carbons (Fsp3) is 0.750. The smallest absolute Gasteiger partial charge is 0.0522 e. The van der Waals surface area contributed by atoms with Crippen LogP contribution in [0.2, 0.25) is 0 Å². The molecule has 0 radical (unpaired) electrons. The largest absolute Gasteiger partial charge is 0.328 e. The van der Waals surface area contributed by atoms with E-state index in [-0.39, 0.29) is 6.04 Å². The molecule has 86 valence electrons. The van der Waals surface area contributed by atoms with E-state index in [2.05, 4.69) is 32.1 Å². The van der Waals surface area contributed by atoms with Crippen molar-refractivity contribution in [2.24, 2.45) is 11.1 Å². The van der Waals surface area contributed by atoms with Gasteiger partial charge in [0.2, 0.25) is 0 Å². The third-order valence-electron chi connectivity index (χ3n) is 2.34. The molecular weight excluding hydrogens is 186 g/mol. The van der Waals surface area contributed by atoms with Crippen LogP contribution >= 0.6 is 0 Å². The maximum Gasteiger partial charge on any atom is 0.0522 e. The second-order valence-corrected chi connectivity index (χ2v) is 5.60. The Hall–Kier alpha value is -0.830. The first kappa shape index (κ1) is 12.2. The van der Waals surface area contributed by atoms with Crippen LogP contribution in [0.5, 0.6) is 0 Å². The van der Waals surface area contributed by atoms with Crippen LogP contribution in [0.4, 0.5) is 0 Å². The van der Waals surface area contributed by atoms with E-state index in [0.717, 1.165) is 19.4 Å². The molecule has 0 aliphatic rings. The molecule has 0 saturated carbocycles. The molecule has 0 aliphatic carbocycles. The predicted molar refractivity (Wildman–Crippen MR) is 63.7 cm³/mol. The first-order chi connectivity index (χ1) is 6.87. The number of hydrogen-bond acceptors (Lipinski definition) is 2. The van der Waals surface area contributed by atoms with Gasteiger partial charge in [-0.25, -0.2) is 0 Å². The topological polar surface area (TPSA) is 43.8 Å². The molecule has 1 atom stereocenters. The molecule has 0 amide bonds. The fourth-order valence-corrected chi connectivity index (χ4v) is 1.46. The predicted octanol–water partition coefficient (Wildman–Crippen LogP) is 2.21. The summed E-state index contributed by atoms with van der Waals surface area (Å²) in [4.78, 5) is 0. The summed E-state index contributed by atoms with van der Waals surface area (Å²) >= 11 is 0. The lowest BCUT2D eigenvalue weighted by Crippen LogP contribution is -2.17. The molecule has 1 aromatic rings. The second kappa shape index (κ2) is 4.79. The highest BCUT2D eigenvalue weighted by Crippen LogP contribution is 2.19. The SMILES string of the molecule is CC(N)Cc1cnn(CCC(C)(C)C)c1. The van der Waals surface area contributed by atoms with Crippen LogP contribution in [0.3, 0.4) is 0 Å². The van der Waals surface area contributed by atoms with Gasteiger partial charge in [0, 0.05) is 18.8 Å². The first-order valence-electron chi connectivity index (χ1n) is 5.64. The molecule has 1 unspecified atom stereocenters. The lowest BCUT2D eigenvalue weighted by Gasteiger charge is -2.17. The first-order valence-corrected chi connectivity index (χ1v) is 5.64. The van der Waals surface area contributed by atoms with Gasteiger partial charge in [0.1, 0.15) is 0 Å². The molecule has 0 saturated heterocycles. The van der Waals surface area contributed by atoms with E-state index in [9.17, 15) is 0 Å². The summed E-state index contributed by atoms with van der Waals surface area (Å²) < 4.78 is 2.02. The Morgan fingerprint density at radius 2 is 2.13 bits per heavy atom. The van der Waals surface area contributed by atoms with Crippen LogP contribution in [0.25, 0.3) is 0 Å². The number of nitrogens with two attached hydrogens (primary N) is 1. The van der Waals surface area contributed by atoms with Crippen LogP contribution in [-0.2, 0) is 13.0 Å². The third kappa shape index (κ3) is 4.98. The van der Waals surface area contributed by atoms with Crippen molar-refractivity contribution in [2.75, 3.05) is 0 Å². The standard InChI is InChI=1S/C12H23N3/c1-10(13)7-11-8-14-15(9-11)6-5-12(2,3)4/h8-10H,5-7,13H2,1-4H3. The van der Waals surface area contributed by atoms with Crippen molar-refractivity contribution < 1.29 is 0 Å². The maximum atomic E-state index is 5.74. The quantitative estimate of drug-likeness (QED) is 0.826. The molecule has 0 spiro atoms. The lowest BCUT2D eigenvalue weighted by molar-refractivity contribution is 0.341. The maximum absolute atomic E-state index is 5.74. The summed E-state index contributed by atoms with van der Waals surface area (Å²) in [5.74, 6) is 0. The highest BCUT2D eigenvalue weighted by Gasteiger charge is 2.10. The number of aryl methyl sites for hydroxylation is 1. The molecule has 0 bridgehead atoms. The fourth-order valence-electron chi connectivity index (χ4n) is 1.46. The zero-order valence-electron chi connectivity index (χ0n) is 10.3. The van der Waals surface area contributed by atoms with Crippen molar-refractivity contribution in [3.8, 4) is 0 Å².